The summed E-state index contributed by atoms with van der Waals surface area (Å²) in [6, 6.07) is 8.07. The molecule has 0 aliphatic heterocycles. The van der Waals surface area contributed by atoms with Crippen LogP contribution < -0.4 is 10.1 Å². The number of benzene rings is 1. The quantitative estimate of drug-likeness (QED) is 0.843. The lowest BCUT2D eigenvalue weighted by Crippen LogP contribution is -2.13. The van der Waals surface area contributed by atoms with E-state index in [-0.39, 0.29) is 0 Å². The van der Waals surface area contributed by atoms with Gasteiger partial charge in [0.1, 0.15) is 5.75 Å². The van der Waals surface area contributed by atoms with E-state index in [2.05, 4.69) is 36.5 Å². The summed E-state index contributed by atoms with van der Waals surface area (Å²) in [5.74, 6) is 1.54. The molecule has 0 radical (unpaired) electrons. The number of aromatic nitrogens is 2. The minimum atomic E-state index is 0.615. The fourth-order valence-electron chi connectivity index (χ4n) is 2.16. The zero-order valence-electron chi connectivity index (χ0n) is 12.5. The van der Waals surface area contributed by atoms with Gasteiger partial charge in [-0.25, -0.2) is 0 Å². The van der Waals surface area contributed by atoms with Crippen LogP contribution in [-0.2, 0) is 19.6 Å². The van der Waals surface area contributed by atoms with E-state index in [0.29, 0.717) is 5.92 Å². The van der Waals surface area contributed by atoms with Crippen molar-refractivity contribution >= 4 is 0 Å². The molecule has 0 saturated heterocycles. The molecule has 0 bridgehead atoms. The van der Waals surface area contributed by atoms with E-state index in [9.17, 15) is 0 Å². The van der Waals surface area contributed by atoms with Crippen molar-refractivity contribution in [2.45, 2.75) is 33.5 Å². The highest BCUT2D eigenvalue weighted by Crippen LogP contribution is 2.16. The van der Waals surface area contributed by atoms with Gasteiger partial charge in [0.15, 0.2) is 0 Å². The molecule has 0 atom stereocenters. The lowest BCUT2D eigenvalue weighted by Gasteiger charge is -2.08. The molecule has 0 spiro atoms. The number of ether oxygens (including phenoxy) is 1. The second-order valence-electron chi connectivity index (χ2n) is 5.38. The molecule has 4 nitrogen and oxygen atoms in total. The minimum absolute atomic E-state index is 0.615. The smallest absolute Gasteiger partial charge is 0.123 e. The van der Waals surface area contributed by atoms with Gasteiger partial charge < -0.3 is 10.1 Å². The second kappa shape index (κ2) is 7.10. The fraction of sp³-hybridized carbons (Fsp3) is 0.438. The third kappa shape index (κ3) is 4.10. The molecule has 0 aliphatic carbocycles. The van der Waals surface area contributed by atoms with Crippen LogP contribution in [0.4, 0.5) is 0 Å². The van der Waals surface area contributed by atoms with Gasteiger partial charge in [0.05, 0.1) is 13.3 Å². The monoisotopic (exact) mass is 273 g/mol. The summed E-state index contributed by atoms with van der Waals surface area (Å²) in [6.45, 7) is 6.96. The number of para-hydroxylation sites is 1. The highest BCUT2D eigenvalue weighted by Gasteiger charge is 2.03. The van der Waals surface area contributed by atoms with Gasteiger partial charge in [-0.3, -0.25) is 4.68 Å². The maximum Gasteiger partial charge on any atom is 0.123 e. The Hall–Kier alpha value is -1.81. The maximum atomic E-state index is 5.34. The first-order valence-corrected chi connectivity index (χ1v) is 7.03. The topological polar surface area (TPSA) is 39.1 Å². The van der Waals surface area contributed by atoms with Crippen molar-refractivity contribution in [3.8, 4) is 5.75 Å². The van der Waals surface area contributed by atoms with E-state index < -0.39 is 0 Å². The molecule has 0 amide bonds. The second-order valence-corrected chi connectivity index (χ2v) is 5.38. The average molecular weight is 273 g/mol. The van der Waals surface area contributed by atoms with Crippen molar-refractivity contribution in [1.29, 1.82) is 0 Å². The molecule has 2 rings (SSSR count). The van der Waals surface area contributed by atoms with Crippen molar-refractivity contribution in [3.05, 3.63) is 47.8 Å². The Morgan fingerprint density at radius 3 is 2.80 bits per heavy atom. The van der Waals surface area contributed by atoms with E-state index in [1.165, 1.54) is 11.1 Å². The van der Waals surface area contributed by atoms with Crippen molar-refractivity contribution in [2.24, 2.45) is 5.92 Å². The summed E-state index contributed by atoms with van der Waals surface area (Å²) < 4.78 is 7.34. The summed E-state index contributed by atoms with van der Waals surface area (Å²) in [6.07, 6.45) is 4.03. The fourth-order valence-corrected chi connectivity index (χ4v) is 2.16. The predicted octanol–water partition coefficient (Wildman–Crippen LogP) is 2.84. The van der Waals surface area contributed by atoms with Crippen molar-refractivity contribution in [3.63, 3.8) is 0 Å². The van der Waals surface area contributed by atoms with Crippen LogP contribution in [0.1, 0.15) is 25.0 Å². The predicted molar refractivity (Wildman–Crippen MR) is 80.6 cm³/mol. The van der Waals surface area contributed by atoms with Crippen LogP contribution in [0.25, 0.3) is 0 Å². The largest absolute Gasteiger partial charge is 0.496 e. The highest BCUT2D eigenvalue weighted by molar-refractivity contribution is 5.33. The van der Waals surface area contributed by atoms with Crippen LogP contribution in [0.3, 0.4) is 0 Å². The summed E-state index contributed by atoms with van der Waals surface area (Å²) in [5, 5.41) is 7.79. The van der Waals surface area contributed by atoms with E-state index in [1.807, 2.05) is 29.1 Å². The molecular formula is C16H23N3O. The SMILES string of the molecule is COc1ccccc1CNCc1cnn(CC(C)C)c1. The summed E-state index contributed by atoms with van der Waals surface area (Å²) >= 11 is 0. The molecule has 2 aromatic rings. The van der Waals surface area contributed by atoms with Gasteiger partial charge in [-0.1, -0.05) is 32.0 Å². The lowest BCUT2D eigenvalue weighted by atomic mass is 10.2. The van der Waals surface area contributed by atoms with Crippen LogP contribution >= 0.6 is 0 Å². The standard InChI is InChI=1S/C16H23N3O/c1-13(2)11-19-12-14(9-18-19)8-17-10-15-6-4-5-7-16(15)20-3/h4-7,9,12-13,17H,8,10-11H2,1-3H3. The van der Waals surface area contributed by atoms with Gasteiger partial charge in [-0.15, -0.1) is 0 Å². The van der Waals surface area contributed by atoms with Gasteiger partial charge in [0.2, 0.25) is 0 Å². The van der Waals surface area contributed by atoms with Gasteiger partial charge in [-0.05, 0) is 12.0 Å². The third-order valence-electron chi connectivity index (χ3n) is 3.08. The number of hydrogen-bond donors (Lipinski definition) is 1. The Morgan fingerprint density at radius 2 is 2.05 bits per heavy atom. The number of nitrogens with one attached hydrogen (secondary N) is 1. The Morgan fingerprint density at radius 1 is 1.25 bits per heavy atom. The van der Waals surface area contributed by atoms with Gasteiger partial charge in [0, 0.05) is 37.0 Å². The molecular weight excluding hydrogens is 250 g/mol. The first-order chi connectivity index (χ1) is 9.69. The molecule has 1 aromatic carbocycles. The zero-order chi connectivity index (χ0) is 14.4. The molecule has 20 heavy (non-hydrogen) atoms. The number of nitrogens with zero attached hydrogens (tertiary/aromatic N) is 2. The molecule has 0 unspecified atom stereocenters. The zero-order valence-corrected chi connectivity index (χ0v) is 12.5. The molecule has 0 saturated carbocycles. The van der Waals surface area contributed by atoms with Crippen LogP contribution in [0, 0.1) is 5.92 Å². The normalized spacial score (nSPS) is 11.0. The number of methoxy groups -OCH3 is 1. The number of hydrogen-bond acceptors (Lipinski definition) is 3. The highest BCUT2D eigenvalue weighted by atomic mass is 16.5. The molecule has 1 heterocycles. The summed E-state index contributed by atoms with van der Waals surface area (Å²) in [5.41, 5.74) is 2.38. The van der Waals surface area contributed by atoms with Crippen LogP contribution in [-0.4, -0.2) is 16.9 Å². The van der Waals surface area contributed by atoms with E-state index in [4.69, 9.17) is 4.74 Å². The van der Waals surface area contributed by atoms with Gasteiger partial charge in [-0.2, -0.15) is 5.10 Å². The maximum absolute atomic E-state index is 5.34. The van der Waals surface area contributed by atoms with Gasteiger partial charge >= 0.3 is 0 Å². The van der Waals surface area contributed by atoms with Gasteiger partial charge in [0.25, 0.3) is 0 Å². The average Bonchev–Trinajstić information content (AvgIpc) is 2.86. The van der Waals surface area contributed by atoms with Crippen molar-refractivity contribution in [1.82, 2.24) is 15.1 Å². The number of rotatable bonds is 7. The Kier molecular flexibility index (Phi) is 5.18. The summed E-state index contributed by atoms with van der Waals surface area (Å²) in [7, 11) is 1.70. The molecule has 4 heteroatoms. The van der Waals surface area contributed by atoms with Crippen molar-refractivity contribution in [2.75, 3.05) is 7.11 Å². The Bertz CT molecular complexity index is 534. The first-order valence-electron chi connectivity index (χ1n) is 7.03. The third-order valence-corrected chi connectivity index (χ3v) is 3.08. The Labute approximate surface area is 120 Å². The first kappa shape index (κ1) is 14.6. The van der Waals surface area contributed by atoms with Crippen LogP contribution in [0.15, 0.2) is 36.7 Å². The van der Waals surface area contributed by atoms with Crippen LogP contribution in [0.2, 0.25) is 0 Å². The van der Waals surface area contributed by atoms with E-state index >= 15 is 0 Å². The summed E-state index contributed by atoms with van der Waals surface area (Å²) in [4.78, 5) is 0. The minimum Gasteiger partial charge on any atom is -0.496 e. The van der Waals surface area contributed by atoms with Crippen LogP contribution in [0.5, 0.6) is 5.75 Å². The molecule has 0 fully saturated rings. The molecule has 0 aliphatic rings. The van der Waals surface area contributed by atoms with Crippen molar-refractivity contribution < 1.29 is 4.74 Å². The molecule has 1 aromatic heterocycles. The Balaban J connectivity index is 1.85. The molecule has 108 valence electrons. The van der Waals surface area contributed by atoms with E-state index in [1.54, 1.807) is 7.11 Å². The lowest BCUT2D eigenvalue weighted by molar-refractivity contribution is 0.407. The molecule has 1 N–H and O–H groups in total. The van der Waals surface area contributed by atoms with E-state index in [0.717, 1.165) is 25.4 Å².